The molecule has 1 fully saturated rings. The highest BCUT2D eigenvalue weighted by molar-refractivity contribution is 5.98. The van der Waals surface area contributed by atoms with Crippen LogP contribution in [-0.4, -0.2) is 54.8 Å². The van der Waals surface area contributed by atoms with Gasteiger partial charge in [-0.1, -0.05) is 18.2 Å². The molecule has 36 heavy (non-hydrogen) atoms. The topological polar surface area (TPSA) is 89.2 Å². The predicted octanol–water partition coefficient (Wildman–Crippen LogP) is 4.42. The Morgan fingerprint density at radius 1 is 1.11 bits per heavy atom. The number of amides is 1. The van der Waals surface area contributed by atoms with Crippen molar-refractivity contribution in [3.05, 3.63) is 65.9 Å². The number of aliphatic imine (C=N–C) groups is 1. The number of fused-ring (bicyclic) bond motifs is 1. The van der Waals surface area contributed by atoms with Crippen LogP contribution >= 0.6 is 0 Å². The van der Waals surface area contributed by atoms with E-state index in [1.54, 1.807) is 0 Å². The molecule has 2 aromatic carbocycles. The summed E-state index contributed by atoms with van der Waals surface area (Å²) < 4.78 is 43.8. The van der Waals surface area contributed by atoms with Crippen molar-refractivity contribution in [2.45, 2.75) is 39.2 Å². The summed E-state index contributed by atoms with van der Waals surface area (Å²) in [5.41, 5.74) is 11.6. The van der Waals surface area contributed by atoms with Crippen molar-refractivity contribution in [2.24, 2.45) is 10.7 Å². The van der Waals surface area contributed by atoms with Crippen molar-refractivity contribution < 1.29 is 27.4 Å². The van der Waals surface area contributed by atoms with Crippen LogP contribution in [-0.2, 0) is 4.79 Å². The van der Waals surface area contributed by atoms with Gasteiger partial charge in [-0.05, 0) is 51.1 Å². The number of rotatable bonds is 4. The smallest absolute Gasteiger partial charge is 0.484 e. The van der Waals surface area contributed by atoms with Gasteiger partial charge in [-0.25, -0.2) is 4.99 Å². The Morgan fingerprint density at radius 2 is 1.72 bits per heavy atom. The van der Waals surface area contributed by atoms with E-state index >= 15 is 0 Å². The van der Waals surface area contributed by atoms with Gasteiger partial charge in [0.25, 0.3) is 5.91 Å². The number of alkyl halides is 3. The molecule has 1 saturated heterocycles. The molecule has 10 heteroatoms. The third kappa shape index (κ3) is 8.18. The zero-order valence-corrected chi connectivity index (χ0v) is 20.3. The van der Waals surface area contributed by atoms with Crippen molar-refractivity contribution in [2.75, 3.05) is 19.7 Å². The number of piperazine rings is 1. The van der Waals surface area contributed by atoms with Crippen LogP contribution in [0.3, 0.4) is 0 Å². The SMILES string of the molecule is CC1=C=CC(N2CC(C)NC(C)C2)=Nc2ccccc21.NC(=O)COc1ccc(OC(F)(F)F)cc1. The number of nitrogens with two attached hydrogens (primary N) is 1. The van der Waals surface area contributed by atoms with E-state index in [9.17, 15) is 18.0 Å². The number of primary amides is 1. The van der Waals surface area contributed by atoms with E-state index in [1.165, 1.54) is 17.7 Å². The largest absolute Gasteiger partial charge is 0.573 e. The van der Waals surface area contributed by atoms with Gasteiger partial charge < -0.3 is 25.4 Å². The van der Waals surface area contributed by atoms with Gasteiger partial charge in [0.2, 0.25) is 0 Å². The van der Waals surface area contributed by atoms with Crippen LogP contribution in [0, 0.1) is 0 Å². The Hall–Kier alpha value is -3.75. The van der Waals surface area contributed by atoms with Crippen LogP contribution < -0.4 is 20.5 Å². The summed E-state index contributed by atoms with van der Waals surface area (Å²) in [5.74, 6) is 0.220. The van der Waals surface area contributed by atoms with Gasteiger partial charge in [-0.15, -0.1) is 18.9 Å². The molecule has 0 bridgehead atoms. The van der Waals surface area contributed by atoms with Crippen molar-refractivity contribution in [1.82, 2.24) is 10.2 Å². The van der Waals surface area contributed by atoms with Gasteiger partial charge in [0.15, 0.2) is 6.61 Å². The molecule has 7 nitrogen and oxygen atoms in total. The van der Waals surface area contributed by atoms with Gasteiger partial charge in [0.1, 0.15) is 17.3 Å². The molecule has 0 spiro atoms. The van der Waals surface area contributed by atoms with Crippen molar-refractivity contribution >= 4 is 23.0 Å². The second-order valence-electron chi connectivity index (χ2n) is 8.55. The third-order valence-electron chi connectivity index (χ3n) is 5.28. The Kier molecular flexibility index (Phi) is 8.79. The van der Waals surface area contributed by atoms with E-state index in [0.717, 1.165) is 42.3 Å². The lowest BCUT2D eigenvalue weighted by atomic mass is 10.1. The summed E-state index contributed by atoms with van der Waals surface area (Å²) in [5, 5.41) is 3.56. The van der Waals surface area contributed by atoms with E-state index in [2.05, 4.69) is 59.7 Å². The number of hydrogen-bond acceptors (Lipinski definition) is 6. The van der Waals surface area contributed by atoms with Crippen LogP contribution in [0.2, 0.25) is 0 Å². The number of hydrogen-bond donors (Lipinski definition) is 2. The van der Waals surface area contributed by atoms with E-state index in [0.29, 0.717) is 12.1 Å². The van der Waals surface area contributed by atoms with Gasteiger partial charge >= 0.3 is 6.36 Å². The molecule has 3 N–H and O–H groups in total. The zero-order valence-electron chi connectivity index (χ0n) is 20.3. The van der Waals surface area contributed by atoms with Crippen LogP contribution in [0.4, 0.5) is 18.9 Å². The Morgan fingerprint density at radius 3 is 2.33 bits per heavy atom. The Bertz CT molecular complexity index is 1150. The molecular weight excluding hydrogens is 473 g/mol. The average Bonchev–Trinajstić information content (AvgIpc) is 2.96. The lowest BCUT2D eigenvalue weighted by molar-refractivity contribution is -0.274. The highest BCUT2D eigenvalue weighted by Crippen LogP contribution is 2.28. The van der Waals surface area contributed by atoms with Crippen molar-refractivity contribution in [3.8, 4) is 11.5 Å². The minimum atomic E-state index is -4.73. The van der Waals surface area contributed by atoms with Crippen LogP contribution in [0.1, 0.15) is 26.3 Å². The quantitative estimate of drug-likeness (QED) is 0.605. The first-order valence-electron chi connectivity index (χ1n) is 11.4. The summed E-state index contributed by atoms with van der Waals surface area (Å²) in [6, 6.07) is 13.9. The zero-order chi connectivity index (χ0) is 26.3. The second kappa shape index (κ2) is 11.8. The van der Waals surface area contributed by atoms with E-state index in [-0.39, 0.29) is 18.1 Å². The molecule has 2 aliphatic rings. The molecule has 0 saturated carbocycles. The highest BCUT2D eigenvalue weighted by atomic mass is 19.4. The summed E-state index contributed by atoms with van der Waals surface area (Å²) in [6.07, 6.45) is -2.70. The number of carbonyl (C=O) groups excluding carboxylic acids is 1. The number of nitrogens with zero attached hydrogens (tertiary/aromatic N) is 2. The molecule has 0 radical (unpaired) electrons. The maximum Gasteiger partial charge on any atom is 0.573 e. The standard InChI is InChI=1S/C17H21N3.C9H8F3NO3/c1-12-8-9-17(19-16-7-5-4-6-15(12)16)20-10-13(2)18-14(3)11-20;10-9(11,12)16-7-3-1-6(2-4-7)15-5-8(13)14/h4-7,9,13-14,18H,10-11H2,1-3H3;1-4H,5H2,(H2,13,14). The lowest BCUT2D eigenvalue weighted by Crippen LogP contribution is -2.55. The summed E-state index contributed by atoms with van der Waals surface area (Å²) >= 11 is 0. The Balaban J connectivity index is 0.000000207. The number of nitrogens with one attached hydrogen (secondary N) is 1. The summed E-state index contributed by atoms with van der Waals surface area (Å²) in [4.78, 5) is 17.6. The van der Waals surface area contributed by atoms with E-state index in [1.807, 2.05) is 12.1 Å². The molecule has 2 aliphatic heterocycles. The molecule has 2 aromatic rings. The fraction of sp³-hybridized carbons (Fsp3) is 0.346. The summed E-state index contributed by atoms with van der Waals surface area (Å²) in [7, 11) is 0. The van der Waals surface area contributed by atoms with E-state index < -0.39 is 12.3 Å². The number of benzene rings is 2. The summed E-state index contributed by atoms with van der Waals surface area (Å²) in [6.45, 7) is 8.18. The van der Waals surface area contributed by atoms with Crippen molar-refractivity contribution in [1.29, 1.82) is 0 Å². The predicted molar refractivity (Wildman–Crippen MR) is 132 cm³/mol. The van der Waals surface area contributed by atoms with Crippen LogP contribution in [0.15, 0.2) is 65.3 Å². The first-order chi connectivity index (χ1) is 17.0. The molecule has 2 heterocycles. The van der Waals surface area contributed by atoms with Crippen LogP contribution in [0.5, 0.6) is 11.5 Å². The maximum absolute atomic E-state index is 11.8. The first-order valence-corrected chi connectivity index (χ1v) is 11.4. The second-order valence-corrected chi connectivity index (χ2v) is 8.55. The van der Waals surface area contributed by atoms with Crippen LogP contribution in [0.25, 0.3) is 5.57 Å². The number of amidine groups is 1. The molecule has 0 aliphatic carbocycles. The molecular formula is C26H29F3N4O3. The molecule has 4 rings (SSSR count). The molecule has 0 aromatic heterocycles. The maximum atomic E-state index is 11.8. The number of para-hydroxylation sites is 1. The molecule has 2 atom stereocenters. The molecule has 1 amide bonds. The fourth-order valence-corrected chi connectivity index (χ4v) is 3.86. The fourth-order valence-electron chi connectivity index (χ4n) is 3.86. The third-order valence-corrected chi connectivity index (χ3v) is 5.28. The lowest BCUT2D eigenvalue weighted by Gasteiger charge is -2.37. The minimum absolute atomic E-state index is 0.230. The minimum Gasteiger partial charge on any atom is -0.484 e. The van der Waals surface area contributed by atoms with Gasteiger partial charge in [0, 0.05) is 42.4 Å². The van der Waals surface area contributed by atoms with E-state index in [4.69, 9.17) is 15.5 Å². The number of carbonyl (C=O) groups is 1. The van der Waals surface area contributed by atoms with Crippen molar-refractivity contribution in [3.63, 3.8) is 0 Å². The van der Waals surface area contributed by atoms with Gasteiger partial charge in [-0.2, -0.15) is 0 Å². The highest BCUT2D eigenvalue weighted by Gasteiger charge is 2.31. The first kappa shape index (κ1) is 26.8. The monoisotopic (exact) mass is 502 g/mol. The average molecular weight is 503 g/mol. The molecule has 192 valence electrons. The van der Waals surface area contributed by atoms with Gasteiger partial charge in [0.05, 0.1) is 5.69 Å². The van der Waals surface area contributed by atoms with Gasteiger partial charge in [-0.3, -0.25) is 4.79 Å². The Labute approximate surface area is 208 Å². The molecule has 2 unspecified atom stereocenters. The number of halogens is 3. The normalized spacial score (nSPS) is 19.1. The number of ether oxygens (including phenoxy) is 2.